The van der Waals surface area contributed by atoms with Gasteiger partial charge in [0, 0.05) is 22.1 Å². The van der Waals surface area contributed by atoms with Crippen molar-refractivity contribution in [2.45, 2.75) is 6.61 Å². The van der Waals surface area contributed by atoms with Crippen LogP contribution in [0.5, 0.6) is 5.75 Å². The number of hydrogen-bond acceptors (Lipinski definition) is 6. The number of carbonyl (C=O) groups excluding carboxylic acids is 2. The van der Waals surface area contributed by atoms with Crippen molar-refractivity contribution >= 4 is 23.1 Å². The van der Waals surface area contributed by atoms with Gasteiger partial charge in [0.2, 0.25) is 0 Å². The molecular weight excluding hydrogens is 410 g/mol. The number of nitrogens with zero attached hydrogens (tertiary/aromatic N) is 1. The number of esters is 1. The lowest BCUT2D eigenvalue weighted by Gasteiger charge is -2.07. The zero-order chi connectivity index (χ0) is 21.5. The van der Waals surface area contributed by atoms with E-state index in [9.17, 15) is 9.59 Å². The SMILES string of the molecule is O=C(COc1ccc(C(=O)c2ccccc2)cc1)OCc1csc(-c2ccccc2)n1. The molecule has 0 bridgehead atoms. The fourth-order valence-electron chi connectivity index (χ4n) is 2.88. The van der Waals surface area contributed by atoms with Gasteiger partial charge >= 0.3 is 5.97 Å². The molecule has 0 saturated heterocycles. The van der Waals surface area contributed by atoms with E-state index in [1.807, 2.05) is 53.9 Å². The van der Waals surface area contributed by atoms with Crippen molar-refractivity contribution in [1.29, 1.82) is 0 Å². The van der Waals surface area contributed by atoms with E-state index in [1.54, 1.807) is 36.4 Å². The van der Waals surface area contributed by atoms with Gasteiger partial charge in [-0.25, -0.2) is 9.78 Å². The number of thiazole rings is 1. The van der Waals surface area contributed by atoms with Gasteiger partial charge in [0.25, 0.3) is 0 Å². The van der Waals surface area contributed by atoms with Crippen molar-refractivity contribution in [2.75, 3.05) is 6.61 Å². The van der Waals surface area contributed by atoms with Crippen molar-refractivity contribution in [3.05, 3.63) is 107 Å². The van der Waals surface area contributed by atoms with Crippen molar-refractivity contribution < 1.29 is 19.1 Å². The van der Waals surface area contributed by atoms with E-state index in [0.717, 1.165) is 10.6 Å². The first-order valence-corrected chi connectivity index (χ1v) is 10.5. The maximum atomic E-state index is 12.4. The summed E-state index contributed by atoms with van der Waals surface area (Å²) >= 11 is 1.51. The lowest BCUT2D eigenvalue weighted by Crippen LogP contribution is -2.15. The van der Waals surface area contributed by atoms with Gasteiger partial charge in [-0.1, -0.05) is 60.7 Å². The molecule has 4 aromatic rings. The van der Waals surface area contributed by atoms with Crippen molar-refractivity contribution in [1.82, 2.24) is 4.98 Å². The Balaban J connectivity index is 1.25. The summed E-state index contributed by atoms with van der Waals surface area (Å²) in [5.74, 6) is -0.0648. The number of ether oxygens (including phenoxy) is 2. The molecule has 1 aromatic heterocycles. The molecule has 4 rings (SSSR count). The lowest BCUT2D eigenvalue weighted by atomic mass is 10.0. The second-order valence-electron chi connectivity index (χ2n) is 6.68. The molecule has 0 amide bonds. The number of rotatable bonds is 8. The summed E-state index contributed by atoms with van der Waals surface area (Å²) in [5.41, 5.74) is 2.90. The Morgan fingerprint density at radius 3 is 2.16 bits per heavy atom. The third kappa shape index (κ3) is 5.43. The quantitative estimate of drug-likeness (QED) is 0.286. The Morgan fingerprint density at radius 1 is 0.806 bits per heavy atom. The molecule has 154 valence electrons. The molecular formula is C25H19NO4S. The molecule has 0 aliphatic heterocycles. The molecule has 0 fully saturated rings. The predicted molar refractivity (Wildman–Crippen MR) is 119 cm³/mol. The summed E-state index contributed by atoms with van der Waals surface area (Å²) < 4.78 is 10.7. The van der Waals surface area contributed by atoms with E-state index in [2.05, 4.69) is 4.98 Å². The third-order valence-corrected chi connectivity index (χ3v) is 5.40. The summed E-state index contributed by atoms with van der Waals surface area (Å²) in [6.07, 6.45) is 0. The fraction of sp³-hybridized carbons (Fsp3) is 0.0800. The monoisotopic (exact) mass is 429 g/mol. The molecule has 6 heteroatoms. The molecule has 0 radical (unpaired) electrons. The third-order valence-electron chi connectivity index (χ3n) is 4.46. The number of benzene rings is 3. The molecule has 0 unspecified atom stereocenters. The molecule has 5 nitrogen and oxygen atoms in total. The average Bonchev–Trinajstić information content (AvgIpc) is 3.31. The van der Waals surface area contributed by atoms with Gasteiger partial charge < -0.3 is 9.47 Å². The normalized spacial score (nSPS) is 10.5. The van der Waals surface area contributed by atoms with Crippen molar-refractivity contribution in [2.24, 2.45) is 0 Å². The summed E-state index contributed by atoms with van der Waals surface area (Å²) in [7, 11) is 0. The Morgan fingerprint density at radius 2 is 1.45 bits per heavy atom. The number of ketones is 1. The number of aromatic nitrogens is 1. The van der Waals surface area contributed by atoms with Crippen molar-refractivity contribution in [3.8, 4) is 16.3 Å². The lowest BCUT2D eigenvalue weighted by molar-refractivity contribution is -0.147. The molecule has 1 heterocycles. The van der Waals surface area contributed by atoms with Gasteiger partial charge in [-0.3, -0.25) is 4.79 Å². The topological polar surface area (TPSA) is 65.5 Å². The molecule has 0 N–H and O–H groups in total. The minimum Gasteiger partial charge on any atom is -0.482 e. The van der Waals surface area contributed by atoms with Gasteiger partial charge in [0.05, 0.1) is 5.69 Å². The van der Waals surface area contributed by atoms with Gasteiger partial charge in [-0.05, 0) is 24.3 Å². The van der Waals surface area contributed by atoms with Crippen LogP contribution < -0.4 is 4.74 Å². The highest BCUT2D eigenvalue weighted by Crippen LogP contribution is 2.23. The highest BCUT2D eigenvalue weighted by Gasteiger charge is 2.11. The molecule has 0 aliphatic carbocycles. The minimum absolute atomic E-state index is 0.0651. The van der Waals surface area contributed by atoms with E-state index >= 15 is 0 Å². The fourth-order valence-corrected chi connectivity index (χ4v) is 3.69. The van der Waals surface area contributed by atoms with Crippen LogP contribution in [0.15, 0.2) is 90.3 Å². The average molecular weight is 429 g/mol. The second kappa shape index (κ2) is 9.82. The van der Waals surface area contributed by atoms with Crippen molar-refractivity contribution in [3.63, 3.8) is 0 Å². The summed E-state index contributed by atoms with van der Waals surface area (Å²) in [5, 5.41) is 2.76. The Bertz CT molecular complexity index is 1160. The first-order chi connectivity index (χ1) is 15.2. The molecule has 0 aliphatic rings. The van der Waals surface area contributed by atoms with Gasteiger partial charge in [-0.15, -0.1) is 11.3 Å². The van der Waals surface area contributed by atoms with Gasteiger partial charge in [0.1, 0.15) is 17.4 Å². The molecule has 31 heavy (non-hydrogen) atoms. The summed E-state index contributed by atoms with van der Waals surface area (Å²) in [4.78, 5) is 28.9. The second-order valence-corrected chi connectivity index (χ2v) is 7.54. The van der Waals surface area contributed by atoms with Crippen LogP contribution in [0.3, 0.4) is 0 Å². The van der Waals surface area contributed by atoms with Crippen LogP contribution in [0.4, 0.5) is 0 Å². The highest BCUT2D eigenvalue weighted by atomic mass is 32.1. The Hall–Kier alpha value is -3.77. The Kier molecular flexibility index (Phi) is 6.50. The molecule has 0 saturated carbocycles. The molecule has 0 spiro atoms. The van der Waals surface area contributed by atoms with E-state index < -0.39 is 5.97 Å². The van der Waals surface area contributed by atoms with Crippen LogP contribution in [0.25, 0.3) is 10.6 Å². The molecule has 0 atom stereocenters. The first kappa shape index (κ1) is 20.5. The Labute approximate surface area is 183 Å². The van der Waals surface area contributed by atoms with Crippen LogP contribution in [-0.2, 0) is 16.1 Å². The number of carbonyl (C=O) groups is 2. The minimum atomic E-state index is -0.487. The maximum Gasteiger partial charge on any atom is 0.344 e. The van der Waals surface area contributed by atoms with Crippen LogP contribution in [0, 0.1) is 0 Å². The van der Waals surface area contributed by atoms with Crippen LogP contribution in [0.2, 0.25) is 0 Å². The van der Waals surface area contributed by atoms with E-state index in [4.69, 9.17) is 9.47 Å². The summed E-state index contributed by atoms with van der Waals surface area (Å²) in [6.45, 7) is -0.127. The summed E-state index contributed by atoms with van der Waals surface area (Å²) in [6, 6.07) is 25.6. The van der Waals surface area contributed by atoms with E-state index in [-0.39, 0.29) is 19.0 Å². The van der Waals surface area contributed by atoms with E-state index in [0.29, 0.717) is 22.6 Å². The molecule has 3 aromatic carbocycles. The predicted octanol–water partition coefficient (Wildman–Crippen LogP) is 5.16. The standard InChI is InChI=1S/C25H19NO4S/c27-23(30-15-21-17-31-25(26-21)20-9-5-2-6-10-20)16-29-22-13-11-19(12-14-22)24(28)18-7-3-1-4-8-18/h1-14,17H,15-16H2. The van der Waals surface area contributed by atoms with Crippen LogP contribution >= 0.6 is 11.3 Å². The first-order valence-electron chi connectivity index (χ1n) is 9.67. The van der Waals surface area contributed by atoms with Gasteiger partial charge in [0.15, 0.2) is 12.4 Å². The van der Waals surface area contributed by atoms with Crippen LogP contribution in [-0.4, -0.2) is 23.3 Å². The van der Waals surface area contributed by atoms with Gasteiger partial charge in [-0.2, -0.15) is 0 Å². The highest BCUT2D eigenvalue weighted by molar-refractivity contribution is 7.13. The van der Waals surface area contributed by atoms with Crippen LogP contribution in [0.1, 0.15) is 21.6 Å². The zero-order valence-electron chi connectivity index (χ0n) is 16.6. The number of hydrogen-bond donors (Lipinski definition) is 0. The largest absolute Gasteiger partial charge is 0.482 e. The maximum absolute atomic E-state index is 12.4. The van der Waals surface area contributed by atoms with E-state index in [1.165, 1.54) is 11.3 Å². The smallest absolute Gasteiger partial charge is 0.344 e. The zero-order valence-corrected chi connectivity index (χ0v) is 17.4.